The molecule has 8 nitrogen and oxygen atoms in total. The lowest BCUT2D eigenvalue weighted by atomic mass is 9.86. The number of benzene rings is 1. The van der Waals surface area contributed by atoms with E-state index in [9.17, 15) is 22.8 Å². The fraction of sp³-hybridized carbons (Fsp3) is 0.440. The van der Waals surface area contributed by atoms with Gasteiger partial charge in [0.25, 0.3) is 5.91 Å². The number of aromatic nitrogens is 1. The minimum atomic E-state index is -3.93. The van der Waals surface area contributed by atoms with E-state index in [0.717, 1.165) is 17.5 Å². The van der Waals surface area contributed by atoms with Gasteiger partial charge in [0.05, 0.1) is 10.9 Å². The van der Waals surface area contributed by atoms with Crippen molar-refractivity contribution in [3.63, 3.8) is 0 Å². The number of aryl methyl sites for hydroxylation is 2. The van der Waals surface area contributed by atoms with Crippen LogP contribution in [0.5, 0.6) is 0 Å². The number of hydrogen-bond donors (Lipinski definition) is 2. The molecule has 2 atom stereocenters. The average Bonchev–Trinajstić information content (AvgIpc) is 2.82. The number of carbonyl (C=O) groups is 3. The van der Waals surface area contributed by atoms with Gasteiger partial charge in [0.2, 0.25) is 15.8 Å². The summed E-state index contributed by atoms with van der Waals surface area (Å²) < 4.78 is 28.1. The first-order chi connectivity index (χ1) is 16.2. The Bertz CT molecular complexity index is 1130. The highest BCUT2D eigenvalue weighted by Gasteiger charge is 2.33. The van der Waals surface area contributed by atoms with Gasteiger partial charge in [-0.15, -0.1) is 0 Å². The van der Waals surface area contributed by atoms with Crippen molar-refractivity contribution in [3.8, 4) is 0 Å². The molecular formula is C25H31N3O5S. The number of nitrogens with zero attached hydrogens (tertiary/aromatic N) is 1. The van der Waals surface area contributed by atoms with Crippen LogP contribution < -0.4 is 10.0 Å². The smallest absolute Gasteiger partial charge is 0.287 e. The average molecular weight is 486 g/mol. The van der Waals surface area contributed by atoms with Gasteiger partial charge < -0.3 is 5.32 Å². The Balaban J connectivity index is 1.79. The van der Waals surface area contributed by atoms with E-state index < -0.39 is 39.5 Å². The summed E-state index contributed by atoms with van der Waals surface area (Å²) >= 11 is 0. The van der Waals surface area contributed by atoms with Crippen LogP contribution in [0.1, 0.15) is 44.2 Å². The predicted molar refractivity (Wildman–Crippen MR) is 127 cm³/mol. The molecule has 1 aliphatic rings. The summed E-state index contributed by atoms with van der Waals surface area (Å²) in [5.74, 6) is -2.96. The van der Waals surface area contributed by atoms with Crippen LogP contribution in [0.2, 0.25) is 0 Å². The second-order valence-electron chi connectivity index (χ2n) is 8.99. The molecule has 2 unspecified atom stereocenters. The van der Waals surface area contributed by atoms with E-state index in [1.807, 2.05) is 6.07 Å². The fourth-order valence-electron chi connectivity index (χ4n) is 4.03. The van der Waals surface area contributed by atoms with Crippen molar-refractivity contribution < 1.29 is 22.8 Å². The molecule has 1 aromatic carbocycles. The molecule has 0 radical (unpaired) electrons. The number of hydrogen-bond acceptors (Lipinski definition) is 6. The van der Waals surface area contributed by atoms with E-state index in [2.05, 4.69) is 15.0 Å². The summed E-state index contributed by atoms with van der Waals surface area (Å²) in [6.07, 6.45) is 5.48. The van der Waals surface area contributed by atoms with Gasteiger partial charge in [0.15, 0.2) is 5.78 Å². The molecule has 2 N–H and O–H groups in total. The summed E-state index contributed by atoms with van der Waals surface area (Å²) in [5.41, 5.74) is 2.00. The van der Waals surface area contributed by atoms with Gasteiger partial charge in [-0.25, -0.2) is 13.1 Å². The number of rotatable bonds is 7. The summed E-state index contributed by atoms with van der Waals surface area (Å²) in [6, 6.07) is 8.83. The molecular weight excluding hydrogens is 454 g/mol. The molecule has 1 amide bonds. The van der Waals surface area contributed by atoms with E-state index in [0.29, 0.717) is 25.8 Å². The van der Waals surface area contributed by atoms with Crippen molar-refractivity contribution in [2.75, 3.05) is 6.54 Å². The Hall–Kier alpha value is -2.91. The maximum absolute atomic E-state index is 13.2. The molecule has 0 spiro atoms. The van der Waals surface area contributed by atoms with Crippen LogP contribution in [0.4, 0.5) is 0 Å². The molecule has 9 heteroatoms. The van der Waals surface area contributed by atoms with E-state index >= 15 is 0 Å². The number of fused-ring (bicyclic) bond motifs is 2. The van der Waals surface area contributed by atoms with Gasteiger partial charge in [0, 0.05) is 31.3 Å². The molecule has 1 aliphatic heterocycles. The Kier molecular flexibility index (Phi) is 8.68. The van der Waals surface area contributed by atoms with Gasteiger partial charge >= 0.3 is 0 Å². The van der Waals surface area contributed by atoms with Gasteiger partial charge in [0.1, 0.15) is 0 Å². The number of ketones is 2. The second-order valence-corrected chi connectivity index (χ2v) is 10.7. The van der Waals surface area contributed by atoms with Crippen LogP contribution in [0.15, 0.2) is 53.7 Å². The zero-order valence-electron chi connectivity index (χ0n) is 19.5. The van der Waals surface area contributed by atoms with Crippen LogP contribution in [0, 0.1) is 11.8 Å². The van der Waals surface area contributed by atoms with Crippen LogP contribution >= 0.6 is 0 Å². The third-order valence-electron chi connectivity index (χ3n) is 5.95. The highest BCUT2D eigenvalue weighted by molar-refractivity contribution is 7.89. The lowest BCUT2D eigenvalue weighted by molar-refractivity contribution is -0.141. The first-order valence-corrected chi connectivity index (χ1v) is 13.0. The molecule has 1 aromatic heterocycles. The molecule has 0 saturated carbocycles. The molecule has 0 saturated heterocycles. The van der Waals surface area contributed by atoms with E-state index in [1.54, 1.807) is 44.4 Å². The van der Waals surface area contributed by atoms with Crippen molar-refractivity contribution in [2.24, 2.45) is 11.8 Å². The summed E-state index contributed by atoms with van der Waals surface area (Å²) in [7, 11) is -3.93. The fourth-order valence-corrected chi connectivity index (χ4v) is 5.42. The Morgan fingerprint density at radius 2 is 1.79 bits per heavy atom. The number of pyridine rings is 1. The van der Waals surface area contributed by atoms with Gasteiger partial charge in [-0.2, -0.15) is 0 Å². The number of amides is 1. The van der Waals surface area contributed by atoms with Crippen LogP contribution in [0.25, 0.3) is 0 Å². The van der Waals surface area contributed by atoms with Crippen LogP contribution in [-0.4, -0.2) is 43.5 Å². The quantitative estimate of drug-likeness (QED) is 0.580. The lowest BCUT2D eigenvalue weighted by Gasteiger charge is -2.23. The molecule has 0 aliphatic carbocycles. The monoisotopic (exact) mass is 485 g/mol. The van der Waals surface area contributed by atoms with E-state index in [4.69, 9.17) is 0 Å². The zero-order chi connectivity index (χ0) is 24.7. The maximum Gasteiger partial charge on any atom is 0.287 e. The Labute approximate surface area is 200 Å². The molecule has 2 heterocycles. The topological polar surface area (TPSA) is 122 Å². The largest absolute Gasteiger partial charge is 0.349 e. The van der Waals surface area contributed by atoms with Crippen LogP contribution in [0.3, 0.4) is 0 Å². The Morgan fingerprint density at radius 3 is 2.47 bits per heavy atom. The normalized spacial score (nSPS) is 18.5. The number of sulfonamides is 1. The summed E-state index contributed by atoms with van der Waals surface area (Å²) in [4.78, 5) is 42.9. The number of nitrogens with one attached hydrogen (secondary N) is 2. The van der Waals surface area contributed by atoms with Crippen molar-refractivity contribution in [1.82, 2.24) is 15.0 Å². The first-order valence-electron chi connectivity index (χ1n) is 11.5. The first kappa shape index (κ1) is 25.7. The third-order valence-corrected chi connectivity index (χ3v) is 7.41. The van der Waals surface area contributed by atoms with Crippen molar-refractivity contribution in [3.05, 3.63) is 59.9 Å². The SMILES string of the molecule is CC(C)C(NS(=O)(=O)c1ccccc1)C(=O)CC1CCc2cncc(c2)CCCNC(=O)C1=O. The standard InChI is InChI=1S/C25H31N3O5S/c1-17(2)23(28-34(32,33)21-8-4-3-5-9-21)22(29)14-20-11-10-19-13-18(15-26-16-19)7-6-12-27-25(31)24(20)30/h3-5,8-9,13,15-17,20,23,28H,6-7,10-12,14H2,1-2H3,(H,27,31). The van der Waals surface area contributed by atoms with Gasteiger partial charge in [-0.3, -0.25) is 19.4 Å². The van der Waals surface area contributed by atoms with Crippen LogP contribution in [-0.2, 0) is 37.2 Å². The zero-order valence-corrected chi connectivity index (χ0v) is 20.3. The van der Waals surface area contributed by atoms with E-state index in [1.165, 1.54) is 12.1 Å². The molecule has 182 valence electrons. The van der Waals surface area contributed by atoms with E-state index in [-0.39, 0.29) is 17.2 Å². The van der Waals surface area contributed by atoms with Crippen molar-refractivity contribution >= 4 is 27.5 Å². The molecule has 3 rings (SSSR count). The van der Waals surface area contributed by atoms with Gasteiger partial charge in [-0.1, -0.05) is 38.1 Å². The Morgan fingerprint density at radius 1 is 1.12 bits per heavy atom. The highest BCUT2D eigenvalue weighted by Crippen LogP contribution is 2.20. The van der Waals surface area contributed by atoms with Crippen molar-refractivity contribution in [1.29, 1.82) is 0 Å². The second kappa shape index (κ2) is 11.5. The summed E-state index contributed by atoms with van der Waals surface area (Å²) in [6.45, 7) is 3.83. The minimum Gasteiger partial charge on any atom is -0.349 e. The molecule has 2 bridgehead atoms. The van der Waals surface area contributed by atoms with Gasteiger partial charge in [-0.05, 0) is 54.9 Å². The predicted octanol–water partition coefficient (Wildman–Crippen LogP) is 2.22. The van der Waals surface area contributed by atoms with Crippen molar-refractivity contribution in [2.45, 2.75) is 56.9 Å². The third kappa shape index (κ3) is 6.80. The lowest BCUT2D eigenvalue weighted by Crippen LogP contribution is -2.46. The highest BCUT2D eigenvalue weighted by atomic mass is 32.2. The molecule has 34 heavy (non-hydrogen) atoms. The minimum absolute atomic E-state index is 0.0577. The maximum atomic E-state index is 13.2. The summed E-state index contributed by atoms with van der Waals surface area (Å²) in [5, 5.41) is 2.64. The number of Topliss-reactive ketones (excluding diaryl/α,β-unsaturated/α-hetero) is 2. The number of carbonyl (C=O) groups excluding carboxylic acids is 3. The molecule has 0 fully saturated rings. The molecule has 2 aromatic rings.